The summed E-state index contributed by atoms with van der Waals surface area (Å²) in [6.45, 7) is 7.45. The van der Waals surface area contributed by atoms with Crippen molar-refractivity contribution in [1.29, 1.82) is 0 Å². The first-order chi connectivity index (χ1) is 10.3. The summed E-state index contributed by atoms with van der Waals surface area (Å²) < 4.78 is 37.7. The minimum atomic E-state index is -3.95. The van der Waals surface area contributed by atoms with Crippen molar-refractivity contribution >= 4 is 10.3 Å². The van der Waals surface area contributed by atoms with E-state index in [1.165, 1.54) is 0 Å². The highest BCUT2D eigenvalue weighted by atomic mass is 32.2. The van der Waals surface area contributed by atoms with Crippen LogP contribution in [0.2, 0.25) is 0 Å². The van der Waals surface area contributed by atoms with Gasteiger partial charge in [-0.15, -0.1) is 0 Å². The Balaban J connectivity index is 4.87. The number of allylic oxidation sites excluding steroid dienone is 4. The molecule has 0 aromatic rings. The van der Waals surface area contributed by atoms with Gasteiger partial charge in [0.1, 0.15) is 0 Å². The van der Waals surface area contributed by atoms with E-state index in [1.807, 2.05) is 19.9 Å². The van der Waals surface area contributed by atoms with E-state index in [-0.39, 0.29) is 12.7 Å². The summed E-state index contributed by atoms with van der Waals surface area (Å²) in [4.78, 5) is 0. The third-order valence-electron chi connectivity index (χ3n) is 3.15. The molecule has 0 aliphatic rings. The molecule has 0 rings (SSSR count). The summed E-state index contributed by atoms with van der Waals surface area (Å²) >= 11 is 0. The van der Waals surface area contributed by atoms with Crippen molar-refractivity contribution in [3.8, 4) is 0 Å². The Morgan fingerprint density at radius 3 is 2.32 bits per heavy atom. The minimum absolute atomic E-state index is 0.0633. The maximum atomic E-state index is 10.8. The van der Waals surface area contributed by atoms with Gasteiger partial charge in [0.15, 0.2) is 5.79 Å². The highest BCUT2D eigenvalue weighted by Crippen LogP contribution is 2.24. The standard InChI is InChI=1S/C15H27NO5S/c1-5-8-9-10-11-14(12-13-20-22(16,17)18)21-15(6-2,7-3)19-4/h5,8-11,14H,1,6-7,12-13H2,2-4H3,(H2,16,17,18)/b9-8-,11-10+. The molecule has 0 aromatic carbocycles. The molecule has 0 heterocycles. The average Bonchev–Trinajstić information content (AvgIpc) is 2.47. The summed E-state index contributed by atoms with van der Waals surface area (Å²) in [6.07, 6.45) is 10.2. The van der Waals surface area contributed by atoms with Gasteiger partial charge < -0.3 is 9.47 Å². The summed E-state index contributed by atoms with van der Waals surface area (Å²) in [6, 6.07) is 0. The molecular formula is C15H27NO5S. The lowest BCUT2D eigenvalue weighted by Gasteiger charge is -2.33. The van der Waals surface area contributed by atoms with Crippen molar-refractivity contribution in [2.24, 2.45) is 5.14 Å². The van der Waals surface area contributed by atoms with Crippen molar-refractivity contribution < 1.29 is 22.1 Å². The van der Waals surface area contributed by atoms with E-state index in [1.54, 1.807) is 31.4 Å². The van der Waals surface area contributed by atoms with Gasteiger partial charge >= 0.3 is 10.3 Å². The van der Waals surface area contributed by atoms with E-state index < -0.39 is 16.1 Å². The van der Waals surface area contributed by atoms with Crippen LogP contribution in [-0.2, 0) is 24.0 Å². The van der Waals surface area contributed by atoms with Crippen LogP contribution in [-0.4, -0.2) is 34.0 Å². The topological polar surface area (TPSA) is 87.9 Å². The molecule has 0 radical (unpaired) electrons. The summed E-state index contributed by atoms with van der Waals surface area (Å²) in [5.41, 5.74) is 0. The molecule has 0 saturated heterocycles. The van der Waals surface area contributed by atoms with E-state index in [4.69, 9.17) is 14.6 Å². The largest absolute Gasteiger partial charge is 0.353 e. The summed E-state index contributed by atoms with van der Waals surface area (Å²) in [7, 11) is -2.36. The maximum Gasteiger partial charge on any atom is 0.333 e. The SMILES string of the molecule is C=C/C=C\C=C\C(CCOS(N)(=O)=O)OC(CC)(CC)OC. The monoisotopic (exact) mass is 333 g/mol. The van der Waals surface area contributed by atoms with Gasteiger partial charge in [-0.05, 0) is 12.8 Å². The molecule has 0 fully saturated rings. The third-order valence-corrected chi connectivity index (χ3v) is 3.64. The fourth-order valence-corrected chi connectivity index (χ4v) is 2.16. The van der Waals surface area contributed by atoms with Gasteiger partial charge in [-0.25, -0.2) is 5.14 Å². The second kappa shape index (κ2) is 10.7. The second-order valence-electron chi connectivity index (χ2n) is 4.59. The van der Waals surface area contributed by atoms with Crippen molar-refractivity contribution in [2.75, 3.05) is 13.7 Å². The molecule has 7 heteroatoms. The Morgan fingerprint density at radius 1 is 1.23 bits per heavy atom. The van der Waals surface area contributed by atoms with Gasteiger partial charge in [0.05, 0.1) is 12.7 Å². The average molecular weight is 333 g/mol. The van der Waals surface area contributed by atoms with Gasteiger partial charge in [0.2, 0.25) is 0 Å². The fraction of sp³-hybridized carbons (Fsp3) is 0.600. The molecule has 0 aliphatic carbocycles. The molecule has 0 amide bonds. The van der Waals surface area contributed by atoms with Gasteiger partial charge in [-0.1, -0.05) is 50.8 Å². The van der Waals surface area contributed by atoms with Crippen molar-refractivity contribution in [3.05, 3.63) is 37.0 Å². The Kier molecular flexibility index (Phi) is 10.2. The van der Waals surface area contributed by atoms with Gasteiger partial charge in [0.25, 0.3) is 0 Å². The van der Waals surface area contributed by atoms with Crippen molar-refractivity contribution in [3.63, 3.8) is 0 Å². The zero-order valence-corrected chi connectivity index (χ0v) is 14.3. The van der Waals surface area contributed by atoms with E-state index in [0.29, 0.717) is 19.3 Å². The quantitative estimate of drug-likeness (QED) is 0.438. The highest BCUT2D eigenvalue weighted by Gasteiger charge is 2.29. The minimum Gasteiger partial charge on any atom is -0.353 e. The van der Waals surface area contributed by atoms with Crippen LogP contribution in [0, 0.1) is 0 Å². The van der Waals surface area contributed by atoms with Crippen LogP contribution in [0.15, 0.2) is 37.0 Å². The highest BCUT2D eigenvalue weighted by molar-refractivity contribution is 7.84. The predicted molar refractivity (Wildman–Crippen MR) is 87.3 cm³/mol. The lowest BCUT2D eigenvalue weighted by molar-refractivity contribution is -0.242. The third kappa shape index (κ3) is 9.11. The van der Waals surface area contributed by atoms with Crippen LogP contribution in [0.4, 0.5) is 0 Å². The van der Waals surface area contributed by atoms with Crippen LogP contribution in [0.25, 0.3) is 0 Å². The second-order valence-corrected chi connectivity index (χ2v) is 5.81. The molecular weight excluding hydrogens is 306 g/mol. The normalized spacial score (nSPS) is 14.7. The van der Waals surface area contributed by atoms with Gasteiger partial charge in [-0.2, -0.15) is 8.42 Å². The van der Waals surface area contributed by atoms with Crippen LogP contribution < -0.4 is 5.14 Å². The molecule has 0 bridgehead atoms. The molecule has 2 N–H and O–H groups in total. The summed E-state index contributed by atoms with van der Waals surface area (Å²) in [5.74, 6) is -0.710. The van der Waals surface area contributed by atoms with E-state index in [2.05, 4.69) is 10.8 Å². The van der Waals surface area contributed by atoms with Crippen LogP contribution in [0.1, 0.15) is 33.1 Å². The molecule has 1 unspecified atom stereocenters. The Bertz CT molecular complexity index is 458. The molecule has 0 spiro atoms. The summed E-state index contributed by atoms with van der Waals surface area (Å²) in [5, 5.41) is 4.81. The van der Waals surface area contributed by atoms with Gasteiger partial charge in [0, 0.05) is 13.5 Å². The number of nitrogens with two attached hydrogens (primary N) is 1. The Morgan fingerprint density at radius 2 is 1.86 bits per heavy atom. The Labute approximate surface area is 133 Å². The lowest BCUT2D eigenvalue weighted by atomic mass is 10.1. The number of hydrogen-bond donors (Lipinski definition) is 1. The predicted octanol–water partition coefficient (Wildman–Crippen LogP) is 2.44. The lowest BCUT2D eigenvalue weighted by Crippen LogP contribution is -2.37. The first kappa shape index (κ1) is 21.0. The van der Waals surface area contributed by atoms with Crippen LogP contribution >= 0.6 is 0 Å². The molecule has 1 atom stereocenters. The molecule has 22 heavy (non-hydrogen) atoms. The zero-order valence-electron chi connectivity index (χ0n) is 13.5. The molecule has 0 aromatic heterocycles. The first-order valence-corrected chi connectivity index (χ1v) is 8.65. The van der Waals surface area contributed by atoms with Crippen molar-refractivity contribution in [2.45, 2.75) is 45.0 Å². The number of ether oxygens (including phenoxy) is 2. The number of hydrogen-bond acceptors (Lipinski definition) is 5. The van der Waals surface area contributed by atoms with Crippen LogP contribution in [0.3, 0.4) is 0 Å². The maximum absolute atomic E-state index is 10.8. The van der Waals surface area contributed by atoms with Crippen molar-refractivity contribution in [1.82, 2.24) is 0 Å². The molecule has 6 nitrogen and oxygen atoms in total. The van der Waals surface area contributed by atoms with E-state index in [0.717, 1.165) is 0 Å². The Hall–Kier alpha value is -0.990. The molecule has 0 aliphatic heterocycles. The number of rotatable bonds is 12. The zero-order chi connectivity index (χ0) is 17.1. The van der Waals surface area contributed by atoms with E-state index >= 15 is 0 Å². The van der Waals surface area contributed by atoms with Gasteiger partial charge in [-0.3, -0.25) is 4.18 Å². The number of methoxy groups -OCH3 is 1. The smallest absolute Gasteiger partial charge is 0.333 e. The molecule has 128 valence electrons. The van der Waals surface area contributed by atoms with E-state index in [9.17, 15) is 8.42 Å². The van der Waals surface area contributed by atoms with Crippen LogP contribution in [0.5, 0.6) is 0 Å². The first-order valence-electron chi connectivity index (χ1n) is 7.18. The fourth-order valence-electron chi connectivity index (χ4n) is 1.83. The molecule has 0 saturated carbocycles.